The Balaban J connectivity index is 0.00000120. The predicted octanol–water partition coefficient (Wildman–Crippen LogP) is 0.899. The Kier molecular flexibility index (Phi) is 4.19. The minimum absolute atomic E-state index is 0. The van der Waals surface area contributed by atoms with Crippen molar-refractivity contribution in [2.45, 2.75) is 32.0 Å². The summed E-state index contributed by atoms with van der Waals surface area (Å²) in [6.07, 6.45) is 3.31. The van der Waals surface area contributed by atoms with Crippen molar-refractivity contribution in [3.05, 3.63) is 0 Å². The maximum Gasteiger partial charge on any atom is 0.226 e. The Hall–Kier alpha value is -0.320. The lowest BCUT2D eigenvalue weighted by molar-refractivity contribution is -0.134. The number of nitrogens with one attached hydrogen (secondary N) is 1. The van der Waals surface area contributed by atoms with Crippen molar-refractivity contribution < 1.29 is 9.53 Å². The second-order valence-electron chi connectivity index (χ2n) is 5.82. The first-order valence-corrected chi connectivity index (χ1v) is 6.79. The summed E-state index contributed by atoms with van der Waals surface area (Å²) in [6, 6.07) is 0. The maximum absolute atomic E-state index is 12.2. The number of amides is 1. The van der Waals surface area contributed by atoms with Crippen molar-refractivity contribution in [3.63, 3.8) is 0 Å². The standard InChI is InChI=1S/C13H22N2O2.ClH/c1-8(5-14-2)13(16)15-6-9-10(7-15)12-4-3-11(9)17-12;/h8-12,14H,3-7H2,1-2H3;1H. The van der Waals surface area contributed by atoms with Gasteiger partial charge in [-0.3, -0.25) is 4.79 Å². The van der Waals surface area contributed by atoms with Gasteiger partial charge < -0.3 is 15.0 Å². The van der Waals surface area contributed by atoms with Gasteiger partial charge in [-0.1, -0.05) is 6.92 Å². The topological polar surface area (TPSA) is 41.6 Å². The normalized spacial score (nSPS) is 38.4. The molecular weight excluding hydrogens is 252 g/mol. The molecule has 18 heavy (non-hydrogen) atoms. The molecule has 3 heterocycles. The summed E-state index contributed by atoms with van der Waals surface area (Å²) in [6.45, 7) is 4.64. The van der Waals surface area contributed by atoms with E-state index in [-0.39, 0.29) is 18.3 Å². The van der Waals surface area contributed by atoms with Gasteiger partial charge in [-0.15, -0.1) is 12.4 Å². The Morgan fingerprint density at radius 2 is 1.89 bits per heavy atom. The molecule has 0 aromatic rings. The van der Waals surface area contributed by atoms with Crippen LogP contribution in [0.4, 0.5) is 0 Å². The fourth-order valence-corrected chi connectivity index (χ4v) is 3.85. The molecule has 3 aliphatic rings. The first-order valence-electron chi connectivity index (χ1n) is 6.79. The van der Waals surface area contributed by atoms with Gasteiger partial charge in [-0.05, 0) is 19.9 Å². The van der Waals surface area contributed by atoms with Crippen molar-refractivity contribution in [3.8, 4) is 0 Å². The van der Waals surface area contributed by atoms with Crippen LogP contribution in [0.15, 0.2) is 0 Å². The second kappa shape index (κ2) is 5.35. The van der Waals surface area contributed by atoms with Gasteiger partial charge in [0.05, 0.1) is 12.2 Å². The average Bonchev–Trinajstić information content (AvgIpc) is 2.99. The van der Waals surface area contributed by atoms with Gasteiger partial charge in [0.15, 0.2) is 0 Å². The van der Waals surface area contributed by atoms with E-state index >= 15 is 0 Å². The molecule has 0 spiro atoms. The highest BCUT2D eigenvalue weighted by Crippen LogP contribution is 2.47. The van der Waals surface area contributed by atoms with Crippen LogP contribution < -0.4 is 5.32 Å². The van der Waals surface area contributed by atoms with Gasteiger partial charge in [0.1, 0.15) is 0 Å². The Bertz CT molecular complexity index is 308. The van der Waals surface area contributed by atoms with Gasteiger partial charge >= 0.3 is 0 Å². The van der Waals surface area contributed by atoms with Crippen LogP contribution in [0.5, 0.6) is 0 Å². The fourth-order valence-electron chi connectivity index (χ4n) is 3.85. The number of hydrogen-bond acceptors (Lipinski definition) is 3. The van der Waals surface area contributed by atoms with E-state index in [2.05, 4.69) is 10.2 Å². The van der Waals surface area contributed by atoms with Crippen LogP contribution in [-0.2, 0) is 9.53 Å². The zero-order valence-electron chi connectivity index (χ0n) is 11.1. The lowest BCUT2D eigenvalue weighted by Crippen LogP contribution is -2.38. The Morgan fingerprint density at radius 1 is 1.33 bits per heavy atom. The lowest BCUT2D eigenvalue weighted by Gasteiger charge is -2.22. The zero-order valence-corrected chi connectivity index (χ0v) is 11.9. The van der Waals surface area contributed by atoms with E-state index in [1.54, 1.807) is 0 Å². The molecule has 0 aromatic carbocycles. The van der Waals surface area contributed by atoms with Crippen molar-refractivity contribution >= 4 is 18.3 Å². The van der Waals surface area contributed by atoms with Crippen molar-refractivity contribution in [1.82, 2.24) is 10.2 Å². The Morgan fingerprint density at radius 3 is 2.39 bits per heavy atom. The highest BCUT2D eigenvalue weighted by molar-refractivity contribution is 5.85. The summed E-state index contributed by atoms with van der Waals surface area (Å²) < 4.78 is 5.93. The van der Waals surface area contributed by atoms with Gasteiger partial charge in [0.25, 0.3) is 0 Å². The molecule has 0 aliphatic carbocycles. The number of carbonyl (C=O) groups excluding carboxylic acids is 1. The third-order valence-corrected chi connectivity index (χ3v) is 4.70. The fraction of sp³-hybridized carbons (Fsp3) is 0.923. The summed E-state index contributed by atoms with van der Waals surface area (Å²) in [5.41, 5.74) is 0. The third kappa shape index (κ3) is 2.15. The minimum atomic E-state index is 0. The molecule has 5 heteroatoms. The van der Waals surface area contributed by atoms with Crippen molar-refractivity contribution in [1.29, 1.82) is 0 Å². The number of likely N-dealkylation sites (tertiary alicyclic amines) is 1. The van der Waals surface area contributed by atoms with E-state index < -0.39 is 0 Å². The summed E-state index contributed by atoms with van der Waals surface area (Å²) in [5, 5.41) is 3.08. The molecule has 5 unspecified atom stereocenters. The molecule has 3 fully saturated rings. The third-order valence-electron chi connectivity index (χ3n) is 4.70. The smallest absolute Gasteiger partial charge is 0.226 e. The molecule has 3 saturated heterocycles. The van der Waals surface area contributed by atoms with Gasteiger partial charge in [0.2, 0.25) is 5.91 Å². The monoisotopic (exact) mass is 274 g/mol. The SMILES string of the molecule is CNCC(C)C(=O)N1CC2C3CCC(O3)C2C1.Cl. The Labute approximate surface area is 115 Å². The molecule has 5 atom stereocenters. The van der Waals surface area contributed by atoms with Crippen molar-refractivity contribution in [2.75, 3.05) is 26.7 Å². The number of carbonyl (C=O) groups is 1. The highest BCUT2D eigenvalue weighted by Gasteiger charge is 2.53. The van der Waals surface area contributed by atoms with Crippen LogP contribution in [0.3, 0.4) is 0 Å². The molecule has 0 aromatic heterocycles. The molecule has 0 saturated carbocycles. The zero-order chi connectivity index (χ0) is 12.0. The van der Waals surface area contributed by atoms with E-state index in [9.17, 15) is 4.79 Å². The number of hydrogen-bond donors (Lipinski definition) is 1. The largest absolute Gasteiger partial charge is 0.374 e. The number of rotatable bonds is 3. The average molecular weight is 275 g/mol. The van der Waals surface area contributed by atoms with Crippen molar-refractivity contribution in [2.24, 2.45) is 17.8 Å². The lowest BCUT2D eigenvalue weighted by atomic mass is 9.82. The number of nitrogens with zero attached hydrogens (tertiary/aromatic N) is 1. The molecule has 4 nitrogen and oxygen atoms in total. The van der Waals surface area contributed by atoms with Gasteiger partial charge in [0, 0.05) is 37.4 Å². The number of halogens is 1. The molecule has 3 aliphatic heterocycles. The quantitative estimate of drug-likeness (QED) is 0.831. The van der Waals surface area contributed by atoms with Crippen LogP contribution >= 0.6 is 12.4 Å². The first-order chi connectivity index (χ1) is 8.20. The van der Waals surface area contributed by atoms with Crippen LogP contribution in [0, 0.1) is 17.8 Å². The highest BCUT2D eigenvalue weighted by atomic mass is 35.5. The minimum Gasteiger partial charge on any atom is -0.374 e. The molecule has 1 amide bonds. The van der Waals surface area contributed by atoms with E-state index in [1.165, 1.54) is 12.8 Å². The summed E-state index contributed by atoms with van der Waals surface area (Å²) in [5.74, 6) is 1.66. The van der Waals surface area contributed by atoms with E-state index in [1.807, 2.05) is 14.0 Å². The summed E-state index contributed by atoms with van der Waals surface area (Å²) in [7, 11) is 1.90. The van der Waals surface area contributed by atoms with Crippen LogP contribution in [0.25, 0.3) is 0 Å². The number of ether oxygens (including phenoxy) is 1. The van der Waals surface area contributed by atoms with E-state index in [0.29, 0.717) is 30.0 Å². The second-order valence-corrected chi connectivity index (χ2v) is 5.82. The predicted molar refractivity (Wildman–Crippen MR) is 71.8 cm³/mol. The molecular formula is C13H23ClN2O2. The molecule has 1 N–H and O–H groups in total. The van der Waals surface area contributed by atoms with Gasteiger partial charge in [-0.25, -0.2) is 0 Å². The van der Waals surface area contributed by atoms with E-state index in [0.717, 1.165) is 19.6 Å². The van der Waals surface area contributed by atoms with Crippen LogP contribution in [0.1, 0.15) is 19.8 Å². The molecule has 104 valence electrons. The first kappa shape index (κ1) is 14.1. The summed E-state index contributed by atoms with van der Waals surface area (Å²) >= 11 is 0. The van der Waals surface area contributed by atoms with Crippen LogP contribution in [-0.4, -0.2) is 49.7 Å². The maximum atomic E-state index is 12.2. The van der Waals surface area contributed by atoms with Gasteiger partial charge in [-0.2, -0.15) is 0 Å². The molecule has 3 rings (SSSR count). The summed E-state index contributed by atoms with van der Waals surface area (Å²) in [4.78, 5) is 14.3. The molecule has 2 bridgehead atoms. The van der Waals surface area contributed by atoms with E-state index in [4.69, 9.17) is 4.74 Å². The van der Waals surface area contributed by atoms with Crippen LogP contribution in [0.2, 0.25) is 0 Å². The molecule has 0 radical (unpaired) electrons. The number of fused-ring (bicyclic) bond motifs is 5.